The minimum Gasteiger partial charge on any atom is -0.381 e. The van der Waals surface area contributed by atoms with Crippen molar-refractivity contribution in [1.82, 2.24) is 14.9 Å². The van der Waals surface area contributed by atoms with Crippen molar-refractivity contribution in [2.45, 2.75) is 12.3 Å². The number of hydrogen-bond acceptors (Lipinski definition) is 6. The molecule has 3 heterocycles. The maximum Gasteiger partial charge on any atom is 0.263 e. The van der Waals surface area contributed by atoms with Crippen molar-refractivity contribution in [2.24, 2.45) is 0 Å². The average Bonchev–Trinajstić information content (AvgIpc) is 3.26. The lowest BCUT2D eigenvalue weighted by molar-refractivity contribution is 0.0805. The molecule has 0 radical (unpaired) electrons. The van der Waals surface area contributed by atoms with E-state index in [2.05, 4.69) is 15.3 Å². The summed E-state index contributed by atoms with van der Waals surface area (Å²) in [7, 11) is 1.78. The van der Waals surface area contributed by atoms with E-state index in [9.17, 15) is 4.79 Å². The molecule has 0 aliphatic carbocycles. The maximum atomic E-state index is 12.2. The van der Waals surface area contributed by atoms with Gasteiger partial charge in [-0.15, -0.1) is 11.3 Å². The number of carbonyl (C=O) groups excluding carboxylic acids is 1. The van der Waals surface area contributed by atoms with E-state index in [1.165, 1.54) is 11.3 Å². The predicted molar refractivity (Wildman–Crippen MR) is 95.0 cm³/mol. The first-order chi connectivity index (χ1) is 11.6. The van der Waals surface area contributed by atoms with Crippen molar-refractivity contribution in [3.63, 3.8) is 0 Å². The Morgan fingerprint density at radius 1 is 1.50 bits per heavy atom. The van der Waals surface area contributed by atoms with E-state index in [0.717, 1.165) is 31.1 Å². The van der Waals surface area contributed by atoms with Crippen molar-refractivity contribution in [2.75, 3.05) is 38.7 Å². The molecule has 0 saturated carbocycles. The summed E-state index contributed by atoms with van der Waals surface area (Å²) in [4.78, 5) is 23.1. The number of hydrogen-bond donors (Lipinski definition) is 1. The van der Waals surface area contributed by atoms with Crippen molar-refractivity contribution >= 4 is 34.7 Å². The number of amides is 1. The lowest BCUT2D eigenvalue weighted by Gasteiger charge is -2.17. The van der Waals surface area contributed by atoms with Gasteiger partial charge in [0.2, 0.25) is 0 Å². The van der Waals surface area contributed by atoms with E-state index in [-0.39, 0.29) is 5.91 Å². The zero-order chi connectivity index (χ0) is 16.9. The number of rotatable bonds is 6. The molecule has 2 aromatic heterocycles. The Labute approximate surface area is 149 Å². The Morgan fingerprint density at radius 2 is 2.38 bits per heavy atom. The van der Waals surface area contributed by atoms with E-state index < -0.39 is 0 Å². The molecule has 24 heavy (non-hydrogen) atoms. The second-order valence-electron chi connectivity index (χ2n) is 5.65. The van der Waals surface area contributed by atoms with Gasteiger partial charge in [0.1, 0.15) is 12.1 Å². The van der Waals surface area contributed by atoms with E-state index in [1.54, 1.807) is 30.4 Å². The van der Waals surface area contributed by atoms with E-state index in [4.69, 9.17) is 16.3 Å². The van der Waals surface area contributed by atoms with Gasteiger partial charge in [0, 0.05) is 38.7 Å². The minimum absolute atomic E-state index is 0.0276. The molecule has 1 aliphatic rings. The number of carbonyl (C=O) groups is 1. The molecule has 1 saturated heterocycles. The van der Waals surface area contributed by atoms with E-state index in [1.807, 2.05) is 6.07 Å². The van der Waals surface area contributed by atoms with Gasteiger partial charge in [-0.25, -0.2) is 9.97 Å². The molecule has 1 amide bonds. The van der Waals surface area contributed by atoms with Gasteiger partial charge in [0.05, 0.1) is 21.5 Å². The quantitative estimate of drug-likeness (QED) is 0.851. The van der Waals surface area contributed by atoms with Crippen LogP contribution in [0.15, 0.2) is 24.5 Å². The minimum atomic E-state index is -0.0276. The molecule has 1 fully saturated rings. The fraction of sp³-hybridized carbons (Fsp3) is 0.438. The molecule has 1 N–H and O–H groups in total. The Bertz CT molecular complexity index is 703. The standard InChI is InChI=1S/C16H19ClN4O2S/c1-21(16(22)13-2-3-14(17)24-13)6-5-18-15-8-12(19-10-20-15)11-4-7-23-9-11/h2-3,8,10-11H,4-7,9H2,1H3,(H,18,19,20). The first kappa shape index (κ1) is 17.1. The van der Waals surface area contributed by atoms with Gasteiger partial charge < -0.3 is 15.0 Å². The highest BCUT2D eigenvalue weighted by Gasteiger charge is 2.19. The maximum absolute atomic E-state index is 12.2. The SMILES string of the molecule is CN(CCNc1cc(C2CCOC2)ncn1)C(=O)c1ccc(Cl)s1. The monoisotopic (exact) mass is 366 g/mol. The van der Waals surface area contributed by atoms with Crippen LogP contribution in [0.4, 0.5) is 5.82 Å². The van der Waals surface area contributed by atoms with Crippen LogP contribution in [-0.4, -0.2) is 54.1 Å². The van der Waals surface area contributed by atoms with Gasteiger partial charge in [-0.05, 0) is 18.6 Å². The summed E-state index contributed by atoms with van der Waals surface area (Å²) in [5.41, 5.74) is 1.00. The van der Waals surface area contributed by atoms with Crippen LogP contribution < -0.4 is 5.32 Å². The average molecular weight is 367 g/mol. The number of halogens is 1. The molecule has 1 unspecified atom stereocenters. The molecule has 2 aromatic rings. The first-order valence-corrected chi connectivity index (χ1v) is 8.97. The number of thiophene rings is 1. The summed E-state index contributed by atoms with van der Waals surface area (Å²) >= 11 is 7.17. The zero-order valence-corrected chi connectivity index (χ0v) is 14.9. The topological polar surface area (TPSA) is 67.3 Å². The molecule has 3 rings (SSSR count). The predicted octanol–water partition coefficient (Wildman–Crippen LogP) is 2.88. The summed E-state index contributed by atoms with van der Waals surface area (Å²) in [6.07, 6.45) is 2.57. The highest BCUT2D eigenvalue weighted by Crippen LogP contribution is 2.24. The normalized spacial score (nSPS) is 17.0. The zero-order valence-electron chi connectivity index (χ0n) is 13.4. The largest absolute Gasteiger partial charge is 0.381 e. The third kappa shape index (κ3) is 4.23. The third-order valence-electron chi connectivity index (χ3n) is 3.92. The van der Waals surface area contributed by atoms with Crippen LogP contribution in [0.25, 0.3) is 0 Å². The second kappa shape index (κ2) is 7.92. The van der Waals surface area contributed by atoms with Gasteiger partial charge in [-0.3, -0.25) is 4.79 Å². The van der Waals surface area contributed by atoms with Crippen LogP contribution >= 0.6 is 22.9 Å². The number of aromatic nitrogens is 2. The fourth-order valence-electron chi connectivity index (χ4n) is 2.53. The summed E-state index contributed by atoms with van der Waals surface area (Å²) in [6, 6.07) is 5.44. The van der Waals surface area contributed by atoms with Crippen LogP contribution in [0.5, 0.6) is 0 Å². The van der Waals surface area contributed by atoms with Crippen LogP contribution in [-0.2, 0) is 4.74 Å². The Hall–Kier alpha value is -1.70. The van der Waals surface area contributed by atoms with Gasteiger partial charge in [-0.1, -0.05) is 11.6 Å². The lowest BCUT2D eigenvalue weighted by Crippen LogP contribution is -2.31. The Kier molecular flexibility index (Phi) is 5.65. The Morgan fingerprint density at radius 3 is 3.08 bits per heavy atom. The fourth-order valence-corrected chi connectivity index (χ4v) is 3.57. The molecule has 1 atom stereocenters. The molecular weight excluding hydrogens is 348 g/mol. The van der Waals surface area contributed by atoms with Gasteiger partial charge in [0.15, 0.2) is 0 Å². The molecule has 8 heteroatoms. The van der Waals surface area contributed by atoms with Crippen LogP contribution in [0.2, 0.25) is 4.34 Å². The highest BCUT2D eigenvalue weighted by molar-refractivity contribution is 7.17. The van der Waals surface area contributed by atoms with Crippen LogP contribution in [0.3, 0.4) is 0 Å². The summed E-state index contributed by atoms with van der Waals surface area (Å²) in [5, 5.41) is 3.24. The van der Waals surface area contributed by atoms with Gasteiger partial charge in [0.25, 0.3) is 5.91 Å². The number of ether oxygens (including phenoxy) is 1. The van der Waals surface area contributed by atoms with Crippen molar-refractivity contribution < 1.29 is 9.53 Å². The van der Waals surface area contributed by atoms with Crippen molar-refractivity contribution in [3.8, 4) is 0 Å². The molecule has 0 aromatic carbocycles. The highest BCUT2D eigenvalue weighted by atomic mass is 35.5. The smallest absolute Gasteiger partial charge is 0.263 e. The molecule has 0 bridgehead atoms. The molecule has 128 valence electrons. The Balaban J connectivity index is 1.50. The number of likely N-dealkylation sites (N-methyl/N-ethyl adjacent to an activating group) is 1. The first-order valence-electron chi connectivity index (χ1n) is 7.78. The molecule has 1 aliphatic heterocycles. The van der Waals surface area contributed by atoms with Crippen LogP contribution in [0, 0.1) is 0 Å². The van der Waals surface area contributed by atoms with Crippen molar-refractivity contribution in [3.05, 3.63) is 39.4 Å². The molecular formula is C16H19ClN4O2S. The summed E-state index contributed by atoms with van der Waals surface area (Å²) in [6.45, 7) is 2.69. The molecule has 6 nitrogen and oxygen atoms in total. The second-order valence-corrected chi connectivity index (χ2v) is 7.36. The van der Waals surface area contributed by atoms with Gasteiger partial charge >= 0.3 is 0 Å². The van der Waals surface area contributed by atoms with Gasteiger partial charge in [-0.2, -0.15) is 0 Å². The lowest BCUT2D eigenvalue weighted by atomic mass is 10.1. The van der Waals surface area contributed by atoms with Crippen molar-refractivity contribution in [1.29, 1.82) is 0 Å². The number of anilines is 1. The summed E-state index contributed by atoms with van der Waals surface area (Å²) < 4.78 is 6.02. The van der Waals surface area contributed by atoms with Crippen LogP contribution in [0.1, 0.15) is 27.7 Å². The van der Waals surface area contributed by atoms with E-state index in [0.29, 0.717) is 28.2 Å². The number of nitrogens with zero attached hydrogens (tertiary/aromatic N) is 3. The summed E-state index contributed by atoms with van der Waals surface area (Å²) in [5.74, 6) is 1.09. The number of nitrogens with one attached hydrogen (secondary N) is 1. The molecule has 0 spiro atoms. The van der Waals surface area contributed by atoms with E-state index >= 15 is 0 Å². The third-order valence-corrected chi connectivity index (χ3v) is 5.14.